The topological polar surface area (TPSA) is 129 Å². The predicted molar refractivity (Wildman–Crippen MR) is 143 cm³/mol. The fraction of sp³-hybridized carbons (Fsp3) is 0.192. The first-order chi connectivity index (χ1) is 18.4. The van der Waals surface area contributed by atoms with Crippen LogP contribution in [0.5, 0.6) is 11.5 Å². The Labute approximate surface area is 222 Å². The molecule has 0 unspecified atom stereocenters. The van der Waals surface area contributed by atoms with Gasteiger partial charge in [0.1, 0.15) is 11.2 Å². The molecule has 0 aliphatic carbocycles. The van der Waals surface area contributed by atoms with Crippen LogP contribution in [0.1, 0.15) is 29.9 Å². The molecule has 0 spiro atoms. The van der Waals surface area contributed by atoms with Crippen LogP contribution in [0.25, 0.3) is 22.7 Å². The van der Waals surface area contributed by atoms with Crippen LogP contribution in [-0.4, -0.2) is 48.6 Å². The number of aromatic amines is 1. The monoisotopic (exact) mass is 533 g/mol. The van der Waals surface area contributed by atoms with Gasteiger partial charge in [0.05, 0.1) is 30.8 Å². The van der Waals surface area contributed by atoms with Gasteiger partial charge in [0, 0.05) is 16.7 Å². The second-order valence-corrected chi connectivity index (χ2v) is 8.66. The first-order valence-corrected chi connectivity index (χ1v) is 12.3. The van der Waals surface area contributed by atoms with Gasteiger partial charge >= 0.3 is 0 Å². The fourth-order valence-corrected chi connectivity index (χ4v) is 4.04. The minimum Gasteiger partial charge on any atom is -0.490 e. The third kappa shape index (κ3) is 4.83. The van der Waals surface area contributed by atoms with Crippen LogP contribution in [0, 0.1) is 6.92 Å². The molecule has 0 aliphatic rings. The van der Waals surface area contributed by atoms with Crippen LogP contribution in [-0.2, 0) is 0 Å². The van der Waals surface area contributed by atoms with E-state index in [-0.39, 0.29) is 5.95 Å². The van der Waals surface area contributed by atoms with Crippen molar-refractivity contribution in [2.24, 2.45) is 0 Å². The molecule has 0 atom stereocenters. The zero-order chi connectivity index (χ0) is 26.8. The standard InChI is InChI=1S/C26H24ClN7O4/c1-4-37-20-11-6-16(13-21(20)38-5-2)24(35)29-22-12-15(3)32-34(22)26-30-23-19(25(36)31-26)14-28-33(23)18-9-7-17(27)8-10-18/h6-14H,4-5H2,1-3H3,(H,29,35)(H,30,31,36). The summed E-state index contributed by atoms with van der Waals surface area (Å²) in [4.78, 5) is 33.4. The summed E-state index contributed by atoms with van der Waals surface area (Å²) in [6.07, 6.45) is 1.44. The second kappa shape index (κ2) is 10.4. The molecule has 2 N–H and O–H groups in total. The number of ether oxygens (including phenoxy) is 2. The maximum Gasteiger partial charge on any atom is 0.263 e. The first-order valence-electron chi connectivity index (χ1n) is 11.9. The summed E-state index contributed by atoms with van der Waals surface area (Å²) in [6.45, 7) is 6.39. The number of hydrogen-bond donors (Lipinski definition) is 2. The Bertz CT molecular complexity index is 1690. The predicted octanol–water partition coefficient (Wildman–Crippen LogP) is 4.31. The van der Waals surface area contributed by atoms with E-state index in [4.69, 9.17) is 21.1 Å². The number of halogens is 1. The van der Waals surface area contributed by atoms with Crippen LogP contribution in [0.15, 0.2) is 59.5 Å². The Morgan fingerprint density at radius 3 is 2.50 bits per heavy atom. The van der Waals surface area contributed by atoms with E-state index in [0.717, 1.165) is 0 Å². The number of H-pyrrole nitrogens is 1. The van der Waals surface area contributed by atoms with E-state index in [1.54, 1.807) is 55.5 Å². The Morgan fingerprint density at radius 2 is 1.76 bits per heavy atom. The minimum atomic E-state index is -0.400. The van der Waals surface area contributed by atoms with Crippen molar-refractivity contribution < 1.29 is 14.3 Å². The summed E-state index contributed by atoms with van der Waals surface area (Å²) in [5, 5.41) is 12.5. The number of rotatable bonds is 8. The van der Waals surface area contributed by atoms with E-state index in [0.29, 0.717) is 63.5 Å². The molecule has 3 aromatic heterocycles. The van der Waals surface area contributed by atoms with Crippen molar-refractivity contribution in [1.82, 2.24) is 29.5 Å². The maximum atomic E-state index is 13.2. The van der Waals surface area contributed by atoms with Gasteiger partial charge in [-0.25, -0.2) is 4.68 Å². The summed E-state index contributed by atoms with van der Waals surface area (Å²) in [6, 6.07) is 13.6. The second-order valence-electron chi connectivity index (χ2n) is 8.22. The smallest absolute Gasteiger partial charge is 0.263 e. The van der Waals surface area contributed by atoms with Crippen LogP contribution < -0.4 is 20.3 Å². The lowest BCUT2D eigenvalue weighted by Gasteiger charge is -2.13. The number of amides is 1. The third-order valence-electron chi connectivity index (χ3n) is 5.58. The highest BCUT2D eigenvalue weighted by atomic mass is 35.5. The molecule has 2 aromatic carbocycles. The third-order valence-corrected chi connectivity index (χ3v) is 5.83. The zero-order valence-electron chi connectivity index (χ0n) is 20.9. The van der Waals surface area contributed by atoms with Crippen molar-refractivity contribution in [2.75, 3.05) is 18.5 Å². The molecule has 38 heavy (non-hydrogen) atoms. The van der Waals surface area contributed by atoms with Gasteiger partial charge in [-0.15, -0.1) is 0 Å². The minimum absolute atomic E-state index is 0.114. The molecule has 11 nitrogen and oxygen atoms in total. The van der Waals surface area contributed by atoms with Crippen molar-refractivity contribution in [3.63, 3.8) is 0 Å². The Hall–Kier alpha value is -4.64. The molecular formula is C26H24ClN7O4. The number of aryl methyl sites for hydroxylation is 1. The van der Waals surface area contributed by atoms with Crippen molar-refractivity contribution in [2.45, 2.75) is 20.8 Å². The number of nitrogens with one attached hydrogen (secondary N) is 2. The number of carbonyl (C=O) groups excluding carboxylic acids is 1. The highest BCUT2D eigenvalue weighted by Gasteiger charge is 2.18. The summed E-state index contributed by atoms with van der Waals surface area (Å²) in [5.41, 5.74) is 1.57. The molecule has 0 saturated carbocycles. The average Bonchev–Trinajstić information content (AvgIpc) is 3.49. The van der Waals surface area contributed by atoms with Crippen molar-refractivity contribution in [3.05, 3.63) is 81.4 Å². The number of nitrogens with zero attached hydrogens (tertiary/aromatic N) is 5. The summed E-state index contributed by atoms with van der Waals surface area (Å²) >= 11 is 6.01. The number of carbonyl (C=O) groups is 1. The van der Waals surface area contributed by atoms with Crippen LogP contribution in [0.4, 0.5) is 5.82 Å². The Morgan fingerprint density at radius 1 is 1.03 bits per heavy atom. The molecular weight excluding hydrogens is 510 g/mol. The number of hydrogen-bond acceptors (Lipinski definition) is 7. The average molecular weight is 534 g/mol. The van der Waals surface area contributed by atoms with Crippen molar-refractivity contribution in [1.29, 1.82) is 0 Å². The lowest BCUT2D eigenvalue weighted by atomic mass is 10.2. The molecule has 5 aromatic rings. The number of benzene rings is 2. The van der Waals surface area contributed by atoms with Gasteiger partial charge in [-0.05, 0) is 63.2 Å². The van der Waals surface area contributed by atoms with Gasteiger partial charge in [-0.1, -0.05) is 11.6 Å². The van der Waals surface area contributed by atoms with Gasteiger partial charge < -0.3 is 14.8 Å². The number of anilines is 1. The van der Waals surface area contributed by atoms with Crippen LogP contribution in [0.2, 0.25) is 5.02 Å². The van der Waals surface area contributed by atoms with E-state index in [1.165, 1.54) is 15.6 Å². The van der Waals surface area contributed by atoms with E-state index in [1.807, 2.05) is 13.8 Å². The molecule has 0 aliphatic heterocycles. The Kier molecular flexibility index (Phi) is 6.84. The summed E-state index contributed by atoms with van der Waals surface area (Å²) < 4.78 is 14.1. The highest BCUT2D eigenvalue weighted by Crippen LogP contribution is 2.29. The zero-order valence-corrected chi connectivity index (χ0v) is 21.6. The normalized spacial score (nSPS) is 11.1. The molecule has 3 heterocycles. The lowest BCUT2D eigenvalue weighted by Crippen LogP contribution is -2.19. The quantitative estimate of drug-likeness (QED) is 0.304. The molecule has 0 radical (unpaired) electrons. The van der Waals surface area contributed by atoms with Gasteiger partial charge in [0.2, 0.25) is 5.95 Å². The Balaban J connectivity index is 1.51. The largest absolute Gasteiger partial charge is 0.490 e. The molecule has 1 amide bonds. The van der Waals surface area contributed by atoms with E-state index >= 15 is 0 Å². The molecule has 12 heteroatoms. The summed E-state index contributed by atoms with van der Waals surface area (Å²) in [5.74, 6) is 1.06. The van der Waals surface area contributed by atoms with Gasteiger partial charge in [0.15, 0.2) is 17.1 Å². The highest BCUT2D eigenvalue weighted by molar-refractivity contribution is 6.30. The lowest BCUT2D eigenvalue weighted by molar-refractivity contribution is 0.102. The number of fused-ring (bicyclic) bond motifs is 1. The van der Waals surface area contributed by atoms with Crippen molar-refractivity contribution >= 4 is 34.4 Å². The van der Waals surface area contributed by atoms with E-state index < -0.39 is 11.5 Å². The van der Waals surface area contributed by atoms with Gasteiger partial charge in [-0.2, -0.15) is 19.9 Å². The molecule has 0 bridgehead atoms. The van der Waals surface area contributed by atoms with Crippen LogP contribution in [0.3, 0.4) is 0 Å². The molecule has 0 saturated heterocycles. The SMILES string of the molecule is CCOc1ccc(C(=O)Nc2cc(C)nn2-c2nc3c(cnn3-c3ccc(Cl)cc3)c(=O)[nH]2)cc1OCC. The fourth-order valence-electron chi connectivity index (χ4n) is 3.91. The maximum absolute atomic E-state index is 13.2. The van der Waals surface area contributed by atoms with Gasteiger partial charge in [0.25, 0.3) is 11.5 Å². The number of aromatic nitrogens is 6. The van der Waals surface area contributed by atoms with Gasteiger partial charge in [-0.3, -0.25) is 14.6 Å². The molecule has 0 fully saturated rings. The van der Waals surface area contributed by atoms with E-state index in [2.05, 4.69) is 25.5 Å². The molecule has 5 rings (SSSR count). The van der Waals surface area contributed by atoms with E-state index in [9.17, 15) is 9.59 Å². The summed E-state index contributed by atoms with van der Waals surface area (Å²) in [7, 11) is 0. The van der Waals surface area contributed by atoms with Crippen molar-refractivity contribution in [3.8, 4) is 23.1 Å². The van der Waals surface area contributed by atoms with Crippen LogP contribution >= 0.6 is 11.6 Å². The first kappa shape index (κ1) is 25.0. The molecule has 194 valence electrons.